The average molecular weight is 288 g/mol. The minimum absolute atomic E-state index is 0.0216. The van der Waals surface area contributed by atoms with E-state index in [0.717, 1.165) is 44.5 Å². The second-order valence-electron chi connectivity index (χ2n) is 6.00. The number of carbonyl (C=O) groups excluding carboxylic acids is 1. The van der Waals surface area contributed by atoms with Gasteiger partial charge in [-0.3, -0.25) is 4.79 Å². The molecule has 1 aromatic carbocycles. The number of hydrogen-bond donors (Lipinski definition) is 1. The molecule has 3 nitrogen and oxygen atoms in total. The Morgan fingerprint density at radius 2 is 2.14 bits per heavy atom. The molecule has 2 rings (SSSR count). The standard InChI is InChI=1S/C18H28N2O/c1-4-6-13-20(14(3)5-2)18(21)16-11-12-19-17-10-8-7-9-15(16)17/h7-10,14,16,19H,4-6,11-13H2,1-3H3. The maximum Gasteiger partial charge on any atom is 0.230 e. The van der Waals surface area contributed by atoms with Gasteiger partial charge in [0.05, 0.1) is 5.92 Å². The molecule has 0 saturated heterocycles. The fraction of sp³-hybridized carbons (Fsp3) is 0.611. The molecule has 0 aliphatic carbocycles. The number of carbonyl (C=O) groups is 1. The van der Waals surface area contributed by atoms with Crippen molar-refractivity contribution in [2.45, 2.75) is 58.4 Å². The van der Waals surface area contributed by atoms with Crippen LogP contribution in [0, 0.1) is 0 Å². The van der Waals surface area contributed by atoms with Crippen LogP contribution in [0.2, 0.25) is 0 Å². The summed E-state index contributed by atoms with van der Waals surface area (Å²) in [7, 11) is 0. The summed E-state index contributed by atoms with van der Waals surface area (Å²) in [5.41, 5.74) is 2.29. The first kappa shape index (κ1) is 15.9. The van der Waals surface area contributed by atoms with Crippen molar-refractivity contribution in [3.8, 4) is 0 Å². The Bertz CT molecular complexity index is 472. The third-order valence-electron chi connectivity index (χ3n) is 4.54. The van der Waals surface area contributed by atoms with Gasteiger partial charge in [0.15, 0.2) is 0 Å². The maximum atomic E-state index is 13.1. The number of para-hydroxylation sites is 1. The monoisotopic (exact) mass is 288 g/mol. The molecular weight excluding hydrogens is 260 g/mol. The van der Waals surface area contributed by atoms with Crippen molar-refractivity contribution in [2.75, 3.05) is 18.4 Å². The van der Waals surface area contributed by atoms with E-state index >= 15 is 0 Å². The fourth-order valence-corrected chi connectivity index (χ4v) is 3.02. The molecule has 1 aromatic rings. The fourth-order valence-electron chi connectivity index (χ4n) is 3.02. The van der Waals surface area contributed by atoms with Gasteiger partial charge in [-0.15, -0.1) is 0 Å². The molecule has 116 valence electrons. The van der Waals surface area contributed by atoms with E-state index in [1.807, 2.05) is 12.1 Å². The Balaban J connectivity index is 2.21. The van der Waals surface area contributed by atoms with Crippen molar-refractivity contribution in [1.29, 1.82) is 0 Å². The molecule has 1 aliphatic heterocycles. The van der Waals surface area contributed by atoms with Crippen LogP contribution in [0.3, 0.4) is 0 Å². The van der Waals surface area contributed by atoms with Crippen LogP contribution in [0.4, 0.5) is 5.69 Å². The highest BCUT2D eigenvalue weighted by Crippen LogP contribution is 2.33. The highest BCUT2D eigenvalue weighted by Gasteiger charge is 2.31. The van der Waals surface area contributed by atoms with E-state index in [1.54, 1.807) is 0 Å². The zero-order chi connectivity index (χ0) is 15.2. The predicted octanol–water partition coefficient (Wildman–Crippen LogP) is 4.01. The molecule has 0 radical (unpaired) electrons. The molecule has 1 N–H and O–H groups in total. The summed E-state index contributed by atoms with van der Waals surface area (Å²) in [6.07, 6.45) is 4.13. The molecule has 2 unspecified atom stereocenters. The number of unbranched alkanes of at least 4 members (excludes halogenated alkanes) is 1. The Morgan fingerprint density at radius 1 is 1.38 bits per heavy atom. The highest BCUT2D eigenvalue weighted by atomic mass is 16.2. The molecule has 0 fully saturated rings. The van der Waals surface area contributed by atoms with Gasteiger partial charge in [0, 0.05) is 24.8 Å². The lowest BCUT2D eigenvalue weighted by Gasteiger charge is -2.34. The second-order valence-corrected chi connectivity index (χ2v) is 6.00. The Hall–Kier alpha value is -1.51. The lowest BCUT2D eigenvalue weighted by Crippen LogP contribution is -2.43. The third-order valence-corrected chi connectivity index (χ3v) is 4.54. The van der Waals surface area contributed by atoms with E-state index in [2.05, 4.69) is 43.1 Å². The van der Waals surface area contributed by atoms with E-state index in [4.69, 9.17) is 0 Å². The summed E-state index contributed by atoms with van der Waals surface area (Å²) in [6, 6.07) is 8.56. The summed E-state index contributed by atoms with van der Waals surface area (Å²) in [5.74, 6) is 0.333. The number of amides is 1. The first-order chi connectivity index (χ1) is 10.2. The summed E-state index contributed by atoms with van der Waals surface area (Å²) in [5, 5.41) is 3.40. The van der Waals surface area contributed by atoms with Crippen molar-refractivity contribution in [2.24, 2.45) is 0 Å². The van der Waals surface area contributed by atoms with Gasteiger partial charge in [-0.2, -0.15) is 0 Å². The van der Waals surface area contributed by atoms with Gasteiger partial charge in [0.1, 0.15) is 0 Å². The Morgan fingerprint density at radius 3 is 2.86 bits per heavy atom. The molecule has 0 aromatic heterocycles. The summed E-state index contributed by atoms with van der Waals surface area (Å²) in [4.78, 5) is 15.2. The van der Waals surface area contributed by atoms with Crippen molar-refractivity contribution >= 4 is 11.6 Å². The highest BCUT2D eigenvalue weighted by molar-refractivity contribution is 5.86. The molecule has 2 atom stereocenters. The van der Waals surface area contributed by atoms with Crippen LogP contribution in [-0.4, -0.2) is 29.9 Å². The predicted molar refractivity (Wildman–Crippen MR) is 88.7 cm³/mol. The maximum absolute atomic E-state index is 13.1. The van der Waals surface area contributed by atoms with Crippen LogP contribution in [0.15, 0.2) is 24.3 Å². The number of rotatable bonds is 6. The summed E-state index contributed by atoms with van der Waals surface area (Å²) < 4.78 is 0. The Kier molecular flexibility index (Phi) is 5.66. The van der Waals surface area contributed by atoms with E-state index in [0.29, 0.717) is 11.9 Å². The number of anilines is 1. The lowest BCUT2D eigenvalue weighted by atomic mass is 9.89. The first-order valence-corrected chi connectivity index (χ1v) is 8.32. The zero-order valence-corrected chi connectivity index (χ0v) is 13.6. The number of fused-ring (bicyclic) bond motifs is 1. The first-order valence-electron chi connectivity index (χ1n) is 8.32. The van der Waals surface area contributed by atoms with Gasteiger partial charge in [-0.1, -0.05) is 38.5 Å². The molecule has 0 bridgehead atoms. The topological polar surface area (TPSA) is 32.3 Å². The van der Waals surface area contributed by atoms with Crippen LogP contribution in [0.25, 0.3) is 0 Å². The average Bonchev–Trinajstić information content (AvgIpc) is 2.54. The molecule has 1 aliphatic rings. The second kappa shape index (κ2) is 7.48. The third kappa shape index (κ3) is 3.58. The summed E-state index contributed by atoms with van der Waals surface area (Å²) >= 11 is 0. The molecule has 1 amide bonds. The van der Waals surface area contributed by atoms with Gasteiger partial charge in [-0.05, 0) is 37.8 Å². The largest absolute Gasteiger partial charge is 0.385 e. The van der Waals surface area contributed by atoms with Crippen LogP contribution in [0.1, 0.15) is 57.9 Å². The number of hydrogen-bond acceptors (Lipinski definition) is 2. The van der Waals surface area contributed by atoms with E-state index in [-0.39, 0.29) is 5.92 Å². The van der Waals surface area contributed by atoms with Crippen molar-refractivity contribution in [3.05, 3.63) is 29.8 Å². The van der Waals surface area contributed by atoms with E-state index in [1.165, 1.54) is 5.56 Å². The van der Waals surface area contributed by atoms with Gasteiger partial charge >= 0.3 is 0 Å². The Labute approximate surface area is 128 Å². The molecule has 1 heterocycles. The lowest BCUT2D eigenvalue weighted by molar-refractivity contribution is -0.135. The van der Waals surface area contributed by atoms with Gasteiger partial charge < -0.3 is 10.2 Å². The van der Waals surface area contributed by atoms with Crippen LogP contribution < -0.4 is 5.32 Å². The van der Waals surface area contributed by atoms with Crippen molar-refractivity contribution < 1.29 is 4.79 Å². The van der Waals surface area contributed by atoms with Gasteiger partial charge in [0.2, 0.25) is 5.91 Å². The van der Waals surface area contributed by atoms with Crippen LogP contribution in [-0.2, 0) is 4.79 Å². The summed E-state index contributed by atoms with van der Waals surface area (Å²) in [6.45, 7) is 8.28. The smallest absolute Gasteiger partial charge is 0.230 e. The SMILES string of the molecule is CCCCN(C(=O)C1CCNc2ccccc21)C(C)CC. The molecule has 0 saturated carbocycles. The number of benzene rings is 1. The van der Waals surface area contributed by atoms with E-state index in [9.17, 15) is 4.79 Å². The molecule has 0 spiro atoms. The number of nitrogens with one attached hydrogen (secondary N) is 1. The normalized spacial score (nSPS) is 18.5. The van der Waals surface area contributed by atoms with Gasteiger partial charge in [-0.25, -0.2) is 0 Å². The number of nitrogens with zero attached hydrogens (tertiary/aromatic N) is 1. The van der Waals surface area contributed by atoms with Gasteiger partial charge in [0.25, 0.3) is 0 Å². The zero-order valence-electron chi connectivity index (χ0n) is 13.6. The van der Waals surface area contributed by atoms with E-state index < -0.39 is 0 Å². The quantitative estimate of drug-likeness (QED) is 0.857. The van der Waals surface area contributed by atoms with Crippen LogP contribution in [0.5, 0.6) is 0 Å². The molecule has 3 heteroatoms. The van der Waals surface area contributed by atoms with Crippen LogP contribution >= 0.6 is 0 Å². The minimum atomic E-state index is 0.0216. The molecular formula is C18H28N2O. The minimum Gasteiger partial charge on any atom is -0.385 e. The van der Waals surface area contributed by atoms with Crippen molar-refractivity contribution in [3.63, 3.8) is 0 Å². The van der Waals surface area contributed by atoms with Crippen molar-refractivity contribution in [1.82, 2.24) is 4.90 Å². The molecule has 21 heavy (non-hydrogen) atoms.